The number of H-pyrrole nitrogens is 2. The molecule has 4 heteroatoms. The van der Waals surface area contributed by atoms with E-state index >= 15 is 0 Å². The molecule has 0 amide bonds. The van der Waals surface area contributed by atoms with Gasteiger partial charge in [-0.3, -0.25) is 4.98 Å². The number of rotatable bonds is 0. The smallest absolute Gasteiger partial charge is 0.304 e. The van der Waals surface area contributed by atoms with Crippen LogP contribution in [-0.4, -0.2) is 15.0 Å². The molecular formula is C10H7N3O. The fourth-order valence-corrected chi connectivity index (χ4v) is 1.64. The topological polar surface area (TPSA) is 61.5 Å². The molecule has 0 aliphatic rings. The van der Waals surface area contributed by atoms with Gasteiger partial charge in [0.25, 0.3) is 0 Å². The van der Waals surface area contributed by atoms with Crippen LogP contribution in [0.3, 0.4) is 0 Å². The van der Waals surface area contributed by atoms with Crippen LogP contribution in [0.1, 0.15) is 0 Å². The van der Waals surface area contributed by atoms with Crippen LogP contribution in [0.5, 0.6) is 0 Å². The van der Waals surface area contributed by atoms with E-state index in [1.54, 1.807) is 6.20 Å². The second-order valence-corrected chi connectivity index (χ2v) is 3.15. The summed E-state index contributed by atoms with van der Waals surface area (Å²) in [5.74, 6) is 0. The Morgan fingerprint density at radius 3 is 2.93 bits per heavy atom. The van der Waals surface area contributed by atoms with Crippen LogP contribution in [0.4, 0.5) is 0 Å². The van der Waals surface area contributed by atoms with E-state index < -0.39 is 0 Å². The fraction of sp³-hybridized carbons (Fsp3) is 0. The molecule has 3 aromatic rings. The quantitative estimate of drug-likeness (QED) is 0.556. The number of nitrogens with zero attached hydrogens (tertiary/aromatic N) is 1. The summed E-state index contributed by atoms with van der Waals surface area (Å²) in [6.45, 7) is 0. The Bertz CT molecular complexity index is 665. The van der Waals surface area contributed by atoms with Crippen molar-refractivity contribution < 1.29 is 0 Å². The normalized spacial score (nSPS) is 11.1. The summed E-state index contributed by atoms with van der Waals surface area (Å²) >= 11 is 0. The van der Waals surface area contributed by atoms with Crippen molar-refractivity contribution in [3.63, 3.8) is 0 Å². The Morgan fingerprint density at radius 2 is 2.00 bits per heavy atom. The summed E-state index contributed by atoms with van der Waals surface area (Å²) in [7, 11) is 0. The summed E-state index contributed by atoms with van der Waals surface area (Å²) in [5, 5.41) is 2.03. The third-order valence-corrected chi connectivity index (χ3v) is 2.27. The maximum Gasteiger partial charge on any atom is 0.325 e. The van der Waals surface area contributed by atoms with Gasteiger partial charge in [0.2, 0.25) is 0 Å². The lowest BCUT2D eigenvalue weighted by Gasteiger charge is -1.96. The molecule has 0 unspecified atom stereocenters. The molecule has 0 saturated carbocycles. The molecule has 14 heavy (non-hydrogen) atoms. The number of aromatic amines is 2. The Labute approximate surface area is 78.6 Å². The highest BCUT2D eigenvalue weighted by Gasteiger charge is 2.03. The molecule has 2 aromatic heterocycles. The summed E-state index contributed by atoms with van der Waals surface area (Å²) in [6, 6.07) is 7.81. The van der Waals surface area contributed by atoms with E-state index in [4.69, 9.17) is 0 Å². The number of nitrogens with one attached hydrogen (secondary N) is 2. The zero-order chi connectivity index (χ0) is 9.54. The van der Waals surface area contributed by atoms with Crippen LogP contribution in [0.15, 0.2) is 35.3 Å². The Morgan fingerprint density at radius 1 is 1.14 bits per heavy atom. The number of hydrogen-bond acceptors (Lipinski definition) is 2. The molecule has 0 aliphatic carbocycles. The monoisotopic (exact) mass is 185 g/mol. The lowest BCUT2D eigenvalue weighted by atomic mass is 10.2. The third kappa shape index (κ3) is 0.877. The number of benzene rings is 1. The van der Waals surface area contributed by atoms with Crippen molar-refractivity contribution in [2.24, 2.45) is 0 Å². The number of aromatic nitrogens is 3. The summed E-state index contributed by atoms with van der Waals surface area (Å²) in [6.07, 6.45) is 1.75. The van der Waals surface area contributed by atoms with Gasteiger partial charge in [0.15, 0.2) is 5.65 Å². The van der Waals surface area contributed by atoms with Gasteiger partial charge in [0.05, 0.1) is 5.52 Å². The molecule has 0 spiro atoms. The van der Waals surface area contributed by atoms with Gasteiger partial charge >= 0.3 is 5.69 Å². The minimum atomic E-state index is -0.219. The van der Waals surface area contributed by atoms with Crippen LogP contribution >= 0.6 is 0 Å². The highest BCUT2D eigenvalue weighted by atomic mass is 16.1. The van der Waals surface area contributed by atoms with Crippen LogP contribution < -0.4 is 5.69 Å². The Balaban J connectivity index is 2.66. The molecule has 0 fully saturated rings. The first-order valence-corrected chi connectivity index (χ1v) is 4.30. The van der Waals surface area contributed by atoms with Gasteiger partial charge in [0.1, 0.15) is 0 Å². The molecule has 2 heterocycles. The van der Waals surface area contributed by atoms with Crippen molar-refractivity contribution in [1.82, 2.24) is 15.0 Å². The predicted octanol–water partition coefficient (Wildman–Crippen LogP) is 1.40. The van der Waals surface area contributed by atoms with Crippen LogP contribution in [0.2, 0.25) is 0 Å². The maximum absolute atomic E-state index is 11.1. The van der Waals surface area contributed by atoms with Crippen LogP contribution in [0, 0.1) is 0 Å². The highest BCUT2D eigenvalue weighted by Crippen LogP contribution is 2.18. The number of fused-ring (bicyclic) bond motifs is 3. The zero-order valence-corrected chi connectivity index (χ0v) is 7.24. The summed E-state index contributed by atoms with van der Waals surface area (Å²) in [5.41, 5.74) is 1.16. The predicted molar refractivity (Wildman–Crippen MR) is 54.2 cm³/mol. The van der Waals surface area contributed by atoms with Gasteiger partial charge < -0.3 is 4.98 Å². The van der Waals surface area contributed by atoms with E-state index in [2.05, 4.69) is 15.0 Å². The zero-order valence-electron chi connectivity index (χ0n) is 7.24. The molecule has 4 nitrogen and oxygen atoms in total. The van der Waals surface area contributed by atoms with E-state index in [1.165, 1.54) is 0 Å². The van der Waals surface area contributed by atoms with Crippen molar-refractivity contribution >= 4 is 21.9 Å². The van der Waals surface area contributed by atoms with Gasteiger partial charge in [-0.15, -0.1) is 0 Å². The number of pyridine rings is 1. The maximum atomic E-state index is 11.1. The van der Waals surface area contributed by atoms with Gasteiger partial charge in [0, 0.05) is 17.0 Å². The molecule has 0 atom stereocenters. The first kappa shape index (κ1) is 7.32. The fourth-order valence-electron chi connectivity index (χ4n) is 1.64. The van der Waals surface area contributed by atoms with Crippen molar-refractivity contribution in [2.75, 3.05) is 0 Å². The largest absolute Gasteiger partial charge is 0.325 e. The van der Waals surface area contributed by atoms with Gasteiger partial charge in [-0.25, -0.2) is 9.78 Å². The first-order chi connectivity index (χ1) is 6.84. The van der Waals surface area contributed by atoms with Crippen LogP contribution in [0.25, 0.3) is 21.9 Å². The molecule has 68 valence electrons. The second kappa shape index (κ2) is 2.45. The standard InChI is InChI=1S/C10H7N3O/c14-10-12-8-7-4-2-1-3-6(7)5-11-9(8)13-10/h1-5H,(H2,11,12,13,14). The molecule has 2 N–H and O–H groups in total. The SMILES string of the molecule is O=c1[nH]c2ncc3ccccc3c2[nH]1. The van der Waals surface area contributed by atoms with Gasteiger partial charge in [-0.1, -0.05) is 24.3 Å². The van der Waals surface area contributed by atoms with Gasteiger partial charge in [-0.05, 0) is 0 Å². The summed E-state index contributed by atoms with van der Waals surface area (Å²) in [4.78, 5) is 20.6. The van der Waals surface area contributed by atoms with E-state index in [0.717, 1.165) is 16.3 Å². The number of imidazole rings is 1. The average molecular weight is 185 g/mol. The molecule has 3 rings (SSSR count). The average Bonchev–Trinajstić information content (AvgIpc) is 2.59. The molecule has 0 bridgehead atoms. The molecular weight excluding hydrogens is 178 g/mol. The lowest BCUT2D eigenvalue weighted by molar-refractivity contribution is 1.20. The van der Waals surface area contributed by atoms with Crippen molar-refractivity contribution in [1.29, 1.82) is 0 Å². The third-order valence-electron chi connectivity index (χ3n) is 2.27. The number of hydrogen-bond donors (Lipinski definition) is 2. The van der Waals surface area contributed by atoms with Crippen molar-refractivity contribution in [2.45, 2.75) is 0 Å². The molecule has 1 aromatic carbocycles. The summed E-state index contributed by atoms with van der Waals surface area (Å²) < 4.78 is 0. The first-order valence-electron chi connectivity index (χ1n) is 4.30. The van der Waals surface area contributed by atoms with E-state index in [0.29, 0.717) is 5.65 Å². The minimum absolute atomic E-state index is 0.219. The molecule has 0 aliphatic heterocycles. The van der Waals surface area contributed by atoms with E-state index in [1.807, 2.05) is 24.3 Å². The lowest BCUT2D eigenvalue weighted by Crippen LogP contribution is -1.99. The van der Waals surface area contributed by atoms with Crippen molar-refractivity contribution in [3.05, 3.63) is 40.9 Å². The van der Waals surface area contributed by atoms with E-state index in [9.17, 15) is 4.79 Å². The minimum Gasteiger partial charge on any atom is -0.304 e. The Hall–Kier alpha value is -2.10. The Kier molecular flexibility index (Phi) is 1.28. The van der Waals surface area contributed by atoms with Crippen LogP contribution in [-0.2, 0) is 0 Å². The second-order valence-electron chi connectivity index (χ2n) is 3.15. The van der Waals surface area contributed by atoms with Crippen molar-refractivity contribution in [3.8, 4) is 0 Å². The highest BCUT2D eigenvalue weighted by molar-refractivity contribution is 6.01. The molecule has 0 saturated heterocycles. The molecule has 0 radical (unpaired) electrons. The van der Waals surface area contributed by atoms with Gasteiger partial charge in [-0.2, -0.15) is 0 Å². The van der Waals surface area contributed by atoms with E-state index in [-0.39, 0.29) is 5.69 Å².